The van der Waals surface area contributed by atoms with E-state index in [4.69, 9.17) is 11.5 Å². The number of primary amides is 2. The van der Waals surface area contributed by atoms with Crippen molar-refractivity contribution in [3.05, 3.63) is 82.9 Å². The van der Waals surface area contributed by atoms with E-state index in [0.717, 1.165) is 40.2 Å². The molecule has 5 heteroatoms. The lowest BCUT2D eigenvalue weighted by atomic mass is 10.0. The van der Waals surface area contributed by atoms with Gasteiger partial charge in [0, 0.05) is 28.4 Å². The summed E-state index contributed by atoms with van der Waals surface area (Å²) in [6, 6.07) is 20.3. The third kappa shape index (κ3) is 3.25. The van der Waals surface area contributed by atoms with Gasteiger partial charge in [0.1, 0.15) is 0 Å². The van der Waals surface area contributed by atoms with Crippen LogP contribution in [0.3, 0.4) is 0 Å². The number of aromatic nitrogens is 1. The summed E-state index contributed by atoms with van der Waals surface area (Å²) in [5.74, 6) is -0.935. The fourth-order valence-electron chi connectivity index (χ4n) is 3.98. The summed E-state index contributed by atoms with van der Waals surface area (Å²) in [7, 11) is 0. The predicted molar refractivity (Wildman–Crippen MR) is 115 cm³/mol. The predicted octanol–water partition coefficient (Wildman–Crippen LogP) is 3.79. The molecule has 2 amide bonds. The van der Waals surface area contributed by atoms with Crippen LogP contribution in [0.4, 0.5) is 0 Å². The van der Waals surface area contributed by atoms with E-state index in [1.54, 1.807) is 18.2 Å². The summed E-state index contributed by atoms with van der Waals surface area (Å²) in [6.07, 6.45) is 1.96. The standard InChI is InChI=1S/C24H22N3O2/c1-2-6-15-11-12-18-21(13-15)27(14-16-7-3-4-8-17(16)23(25)28)20-10-5-9-19(22(18)20)24(26)29/h3-5,7-11,13H,2,6,14H2,1H3,(H2,25,28)(H2,26,29). The van der Waals surface area contributed by atoms with Gasteiger partial charge in [-0.2, -0.15) is 0 Å². The number of carbonyl (C=O) groups excluding carboxylic acids is 2. The molecule has 0 fully saturated rings. The number of nitrogens with two attached hydrogens (primary N) is 2. The lowest BCUT2D eigenvalue weighted by molar-refractivity contribution is 0.0992. The Morgan fingerprint density at radius 2 is 1.69 bits per heavy atom. The minimum absolute atomic E-state index is 0.449. The molecule has 0 aliphatic carbocycles. The Bertz CT molecular complexity index is 1250. The zero-order valence-corrected chi connectivity index (χ0v) is 16.2. The van der Waals surface area contributed by atoms with Crippen LogP contribution in [0.15, 0.2) is 54.6 Å². The number of aryl methyl sites for hydroxylation is 1. The molecule has 1 radical (unpaired) electrons. The smallest absolute Gasteiger partial charge is 0.249 e. The van der Waals surface area contributed by atoms with Crippen LogP contribution < -0.4 is 11.5 Å². The van der Waals surface area contributed by atoms with E-state index in [9.17, 15) is 9.59 Å². The van der Waals surface area contributed by atoms with Crippen LogP contribution in [-0.4, -0.2) is 16.4 Å². The number of benzene rings is 3. The van der Waals surface area contributed by atoms with Crippen molar-refractivity contribution in [1.82, 2.24) is 4.57 Å². The first kappa shape index (κ1) is 18.7. The molecule has 5 nitrogen and oxygen atoms in total. The van der Waals surface area contributed by atoms with E-state index in [1.165, 1.54) is 5.56 Å². The maximum absolute atomic E-state index is 12.1. The van der Waals surface area contributed by atoms with Gasteiger partial charge in [0.05, 0.1) is 11.0 Å². The molecule has 0 aliphatic heterocycles. The fourth-order valence-corrected chi connectivity index (χ4v) is 3.98. The van der Waals surface area contributed by atoms with Crippen LogP contribution in [0, 0.1) is 6.07 Å². The van der Waals surface area contributed by atoms with Crippen LogP contribution in [-0.2, 0) is 13.0 Å². The molecule has 0 spiro atoms. The first-order valence-electron chi connectivity index (χ1n) is 9.64. The van der Waals surface area contributed by atoms with E-state index in [-0.39, 0.29) is 0 Å². The molecule has 4 N–H and O–H groups in total. The largest absolute Gasteiger partial charge is 0.366 e. The molecule has 3 aromatic carbocycles. The Hall–Kier alpha value is -3.60. The molecule has 0 saturated heterocycles. The highest BCUT2D eigenvalue weighted by Crippen LogP contribution is 2.33. The number of rotatable bonds is 6. The lowest BCUT2D eigenvalue weighted by Crippen LogP contribution is -2.15. The van der Waals surface area contributed by atoms with Gasteiger partial charge in [-0.15, -0.1) is 0 Å². The molecule has 1 aromatic heterocycles. The zero-order valence-electron chi connectivity index (χ0n) is 16.2. The van der Waals surface area contributed by atoms with Crippen molar-refractivity contribution in [3.63, 3.8) is 0 Å². The highest BCUT2D eigenvalue weighted by atomic mass is 16.1. The van der Waals surface area contributed by atoms with Crippen molar-refractivity contribution in [2.75, 3.05) is 0 Å². The van der Waals surface area contributed by atoms with Crippen molar-refractivity contribution in [1.29, 1.82) is 0 Å². The van der Waals surface area contributed by atoms with Gasteiger partial charge >= 0.3 is 0 Å². The van der Waals surface area contributed by atoms with Gasteiger partial charge in [-0.3, -0.25) is 9.59 Å². The van der Waals surface area contributed by atoms with E-state index < -0.39 is 11.8 Å². The SMILES string of the molecule is CCCc1c[c]c2c3c(C(N)=O)cccc3n(Cc3ccccc3C(N)=O)c2c1. The van der Waals surface area contributed by atoms with Gasteiger partial charge in [0.25, 0.3) is 0 Å². The number of hydrogen-bond acceptors (Lipinski definition) is 2. The Kier molecular flexibility index (Phi) is 4.80. The van der Waals surface area contributed by atoms with Gasteiger partial charge in [0.2, 0.25) is 11.8 Å². The number of carbonyl (C=O) groups is 2. The van der Waals surface area contributed by atoms with Crippen molar-refractivity contribution >= 4 is 33.6 Å². The van der Waals surface area contributed by atoms with Crippen molar-refractivity contribution in [2.45, 2.75) is 26.3 Å². The van der Waals surface area contributed by atoms with Crippen LogP contribution in [0.2, 0.25) is 0 Å². The second kappa shape index (κ2) is 7.43. The van der Waals surface area contributed by atoms with Gasteiger partial charge in [0.15, 0.2) is 0 Å². The minimum atomic E-state index is -0.474. The molecule has 145 valence electrons. The molecule has 0 saturated carbocycles. The van der Waals surface area contributed by atoms with Gasteiger partial charge in [-0.05, 0) is 47.9 Å². The average Bonchev–Trinajstić information content (AvgIpc) is 3.01. The van der Waals surface area contributed by atoms with E-state index >= 15 is 0 Å². The molecule has 0 atom stereocenters. The van der Waals surface area contributed by atoms with E-state index in [0.29, 0.717) is 17.7 Å². The Balaban J connectivity index is 2.03. The highest BCUT2D eigenvalue weighted by Gasteiger charge is 2.18. The third-order valence-electron chi connectivity index (χ3n) is 5.27. The molecule has 0 unspecified atom stereocenters. The maximum atomic E-state index is 12.1. The molecular weight excluding hydrogens is 362 g/mol. The highest BCUT2D eigenvalue weighted by molar-refractivity contribution is 6.17. The number of hydrogen-bond donors (Lipinski definition) is 2. The summed E-state index contributed by atoms with van der Waals surface area (Å²) in [5, 5.41) is 1.64. The molecular formula is C24H22N3O2. The molecule has 0 bridgehead atoms. The summed E-state index contributed by atoms with van der Waals surface area (Å²) >= 11 is 0. The summed E-state index contributed by atoms with van der Waals surface area (Å²) in [5.41, 5.74) is 16.0. The maximum Gasteiger partial charge on any atom is 0.249 e. The second-order valence-corrected chi connectivity index (χ2v) is 7.19. The zero-order chi connectivity index (χ0) is 20.5. The van der Waals surface area contributed by atoms with Crippen LogP contribution in [0.25, 0.3) is 21.8 Å². The van der Waals surface area contributed by atoms with Gasteiger partial charge < -0.3 is 16.0 Å². The summed E-state index contributed by atoms with van der Waals surface area (Å²) in [4.78, 5) is 24.0. The molecule has 0 aliphatic rings. The van der Waals surface area contributed by atoms with Crippen molar-refractivity contribution in [3.8, 4) is 0 Å². The Morgan fingerprint density at radius 1 is 0.966 bits per heavy atom. The molecule has 4 aromatic rings. The molecule has 1 heterocycles. The quantitative estimate of drug-likeness (QED) is 0.529. The number of fused-ring (bicyclic) bond motifs is 3. The second-order valence-electron chi connectivity index (χ2n) is 7.19. The third-order valence-corrected chi connectivity index (χ3v) is 5.27. The van der Waals surface area contributed by atoms with E-state index in [1.807, 2.05) is 30.3 Å². The Morgan fingerprint density at radius 3 is 2.41 bits per heavy atom. The molecule has 29 heavy (non-hydrogen) atoms. The van der Waals surface area contributed by atoms with Crippen LogP contribution in [0.1, 0.15) is 45.2 Å². The fraction of sp³-hybridized carbons (Fsp3) is 0.167. The average molecular weight is 384 g/mol. The topological polar surface area (TPSA) is 91.1 Å². The number of nitrogens with zero attached hydrogens (tertiary/aromatic N) is 1. The van der Waals surface area contributed by atoms with Crippen molar-refractivity contribution < 1.29 is 9.59 Å². The van der Waals surface area contributed by atoms with E-state index in [2.05, 4.69) is 23.6 Å². The monoisotopic (exact) mass is 384 g/mol. The summed E-state index contributed by atoms with van der Waals surface area (Å²) in [6.45, 7) is 2.58. The first-order chi connectivity index (χ1) is 14.0. The minimum Gasteiger partial charge on any atom is -0.366 e. The molecule has 4 rings (SSSR count). The van der Waals surface area contributed by atoms with Gasteiger partial charge in [-0.1, -0.05) is 43.7 Å². The van der Waals surface area contributed by atoms with Gasteiger partial charge in [-0.25, -0.2) is 0 Å². The summed E-state index contributed by atoms with van der Waals surface area (Å²) < 4.78 is 2.11. The van der Waals surface area contributed by atoms with Crippen LogP contribution in [0.5, 0.6) is 0 Å². The first-order valence-corrected chi connectivity index (χ1v) is 9.64. The lowest BCUT2D eigenvalue weighted by Gasteiger charge is -2.11. The Labute approximate surface area is 168 Å². The number of amides is 2. The van der Waals surface area contributed by atoms with Crippen molar-refractivity contribution in [2.24, 2.45) is 11.5 Å². The normalized spacial score (nSPS) is 11.2. The van der Waals surface area contributed by atoms with Crippen LogP contribution >= 0.6 is 0 Å².